The number of hydrogen-bond donors (Lipinski definition) is 1. The molecule has 0 radical (unpaired) electrons. The summed E-state index contributed by atoms with van der Waals surface area (Å²) in [5, 5.41) is 8.73. The molecule has 0 aliphatic heterocycles. The SMILES string of the molecule is O=C(O)CCCS(=O)(=O)N(CCc1ccccc1)Cc1ccccc1. The summed E-state index contributed by atoms with van der Waals surface area (Å²) in [6.45, 7) is 0.664. The summed E-state index contributed by atoms with van der Waals surface area (Å²) in [5.41, 5.74) is 1.98. The van der Waals surface area contributed by atoms with E-state index in [9.17, 15) is 13.2 Å². The summed E-state index contributed by atoms with van der Waals surface area (Å²) in [6.07, 6.45) is 0.594. The predicted octanol–water partition coefficient (Wildman–Crippen LogP) is 2.93. The van der Waals surface area contributed by atoms with E-state index in [4.69, 9.17) is 5.11 Å². The van der Waals surface area contributed by atoms with E-state index >= 15 is 0 Å². The number of aliphatic carboxylic acids is 1. The first kappa shape index (κ1) is 19.1. The maximum Gasteiger partial charge on any atom is 0.303 e. The molecule has 6 heteroatoms. The number of nitrogens with zero attached hydrogens (tertiary/aromatic N) is 1. The van der Waals surface area contributed by atoms with Crippen LogP contribution in [-0.4, -0.2) is 36.1 Å². The van der Waals surface area contributed by atoms with Gasteiger partial charge in [-0.1, -0.05) is 60.7 Å². The second-order valence-corrected chi connectivity index (χ2v) is 7.96. The van der Waals surface area contributed by atoms with Crippen molar-refractivity contribution in [2.75, 3.05) is 12.3 Å². The van der Waals surface area contributed by atoms with E-state index in [0.29, 0.717) is 19.5 Å². The molecule has 2 aromatic carbocycles. The molecule has 25 heavy (non-hydrogen) atoms. The molecular weight excluding hydrogens is 338 g/mol. The quantitative estimate of drug-likeness (QED) is 0.706. The molecule has 0 aliphatic rings. The van der Waals surface area contributed by atoms with E-state index < -0.39 is 16.0 Å². The normalized spacial score (nSPS) is 11.6. The van der Waals surface area contributed by atoms with Crippen LogP contribution >= 0.6 is 0 Å². The van der Waals surface area contributed by atoms with Crippen molar-refractivity contribution in [3.63, 3.8) is 0 Å². The molecule has 1 N–H and O–H groups in total. The minimum atomic E-state index is -3.52. The molecule has 0 aromatic heterocycles. The van der Waals surface area contributed by atoms with Crippen molar-refractivity contribution in [2.45, 2.75) is 25.8 Å². The molecule has 2 rings (SSSR count). The largest absolute Gasteiger partial charge is 0.481 e. The van der Waals surface area contributed by atoms with Crippen molar-refractivity contribution in [3.8, 4) is 0 Å². The highest BCUT2D eigenvalue weighted by atomic mass is 32.2. The molecule has 0 bridgehead atoms. The average Bonchev–Trinajstić information content (AvgIpc) is 2.59. The topological polar surface area (TPSA) is 74.7 Å². The van der Waals surface area contributed by atoms with Crippen molar-refractivity contribution < 1.29 is 18.3 Å². The number of carboxylic acids is 1. The number of sulfonamides is 1. The van der Waals surface area contributed by atoms with Gasteiger partial charge in [0.25, 0.3) is 0 Å². The molecule has 2 aromatic rings. The third kappa shape index (κ3) is 6.68. The molecular formula is C19H23NO4S. The molecule has 0 unspecified atom stereocenters. The van der Waals surface area contributed by atoms with Gasteiger partial charge in [0.1, 0.15) is 0 Å². The standard InChI is InChI=1S/C19H23NO4S/c21-19(22)12-7-15-25(23,24)20(16-18-10-5-2-6-11-18)14-13-17-8-3-1-4-9-17/h1-6,8-11H,7,12-16H2,(H,21,22). The molecule has 0 saturated carbocycles. The minimum absolute atomic E-state index is 0.119. The molecule has 0 atom stereocenters. The number of rotatable bonds is 10. The Bertz CT molecular complexity index is 761. The lowest BCUT2D eigenvalue weighted by molar-refractivity contribution is -0.137. The van der Waals surface area contributed by atoms with Crippen LogP contribution in [0.4, 0.5) is 0 Å². The molecule has 134 valence electrons. The molecule has 0 heterocycles. The van der Waals surface area contributed by atoms with Gasteiger partial charge in [-0.2, -0.15) is 4.31 Å². The summed E-state index contributed by atoms with van der Waals surface area (Å²) >= 11 is 0. The maximum absolute atomic E-state index is 12.7. The first-order valence-electron chi connectivity index (χ1n) is 8.25. The highest BCUT2D eigenvalue weighted by Gasteiger charge is 2.22. The van der Waals surface area contributed by atoms with Gasteiger partial charge in [0.05, 0.1) is 5.75 Å². The van der Waals surface area contributed by atoms with Gasteiger partial charge in [0, 0.05) is 19.5 Å². The second kappa shape index (κ2) is 9.34. The summed E-state index contributed by atoms with van der Waals surface area (Å²) in [4.78, 5) is 10.6. The van der Waals surface area contributed by atoms with Crippen LogP contribution in [0.1, 0.15) is 24.0 Å². The zero-order valence-electron chi connectivity index (χ0n) is 14.0. The summed E-state index contributed by atoms with van der Waals surface area (Å²) in [5.74, 6) is -1.13. The van der Waals surface area contributed by atoms with Crippen LogP contribution in [0.25, 0.3) is 0 Å². The lowest BCUT2D eigenvalue weighted by atomic mass is 10.1. The zero-order valence-corrected chi connectivity index (χ0v) is 14.9. The van der Waals surface area contributed by atoms with Crippen LogP contribution in [0.15, 0.2) is 60.7 Å². The van der Waals surface area contributed by atoms with Gasteiger partial charge in [0.15, 0.2) is 0 Å². The van der Waals surface area contributed by atoms with Gasteiger partial charge in [0.2, 0.25) is 10.0 Å². The number of benzene rings is 2. The summed E-state index contributed by atoms with van der Waals surface area (Å²) < 4.78 is 26.8. The van der Waals surface area contributed by atoms with E-state index in [1.165, 1.54) is 4.31 Å². The van der Waals surface area contributed by atoms with Gasteiger partial charge in [-0.3, -0.25) is 4.79 Å². The fourth-order valence-corrected chi connectivity index (χ4v) is 4.02. The third-order valence-electron chi connectivity index (χ3n) is 3.88. The van der Waals surface area contributed by atoms with E-state index in [0.717, 1.165) is 11.1 Å². The first-order chi connectivity index (χ1) is 12.0. The Hall–Kier alpha value is -2.18. The zero-order chi connectivity index (χ0) is 18.1. The predicted molar refractivity (Wildman–Crippen MR) is 97.7 cm³/mol. The molecule has 5 nitrogen and oxygen atoms in total. The highest BCUT2D eigenvalue weighted by Crippen LogP contribution is 2.13. The Labute approximate surface area is 149 Å². The summed E-state index contributed by atoms with van der Waals surface area (Å²) in [6, 6.07) is 19.1. The van der Waals surface area contributed by atoms with Gasteiger partial charge in [-0.25, -0.2) is 8.42 Å². The summed E-state index contributed by atoms with van der Waals surface area (Å²) in [7, 11) is -3.52. The van der Waals surface area contributed by atoms with Crippen LogP contribution < -0.4 is 0 Å². The van der Waals surface area contributed by atoms with E-state index in [2.05, 4.69) is 0 Å². The monoisotopic (exact) mass is 361 g/mol. The van der Waals surface area contributed by atoms with Crippen molar-refractivity contribution >= 4 is 16.0 Å². The van der Waals surface area contributed by atoms with Crippen LogP contribution in [0.5, 0.6) is 0 Å². The van der Waals surface area contributed by atoms with E-state index in [-0.39, 0.29) is 18.6 Å². The van der Waals surface area contributed by atoms with Crippen LogP contribution in [0, 0.1) is 0 Å². The molecule has 0 spiro atoms. The van der Waals surface area contributed by atoms with Crippen molar-refractivity contribution in [2.24, 2.45) is 0 Å². The van der Waals surface area contributed by atoms with Crippen LogP contribution in [0.3, 0.4) is 0 Å². The Balaban J connectivity index is 2.08. The highest BCUT2D eigenvalue weighted by molar-refractivity contribution is 7.89. The van der Waals surface area contributed by atoms with Crippen molar-refractivity contribution in [1.82, 2.24) is 4.31 Å². The van der Waals surface area contributed by atoms with Gasteiger partial charge >= 0.3 is 5.97 Å². The van der Waals surface area contributed by atoms with Gasteiger partial charge < -0.3 is 5.11 Å². The van der Waals surface area contributed by atoms with E-state index in [1.807, 2.05) is 60.7 Å². The molecule has 0 aliphatic carbocycles. The smallest absolute Gasteiger partial charge is 0.303 e. The third-order valence-corrected chi connectivity index (χ3v) is 5.78. The van der Waals surface area contributed by atoms with Crippen molar-refractivity contribution in [3.05, 3.63) is 71.8 Å². The Kier molecular flexibility index (Phi) is 7.16. The average molecular weight is 361 g/mol. The lowest BCUT2D eigenvalue weighted by Gasteiger charge is -2.22. The second-order valence-electron chi connectivity index (χ2n) is 5.87. The molecule has 0 saturated heterocycles. The number of carbonyl (C=O) groups is 1. The van der Waals surface area contributed by atoms with Crippen LogP contribution in [0.2, 0.25) is 0 Å². The Morgan fingerprint density at radius 3 is 2.04 bits per heavy atom. The van der Waals surface area contributed by atoms with Crippen LogP contribution in [-0.2, 0) is 27.8 Å². The lowest BCUT2D eigenvalue weighted by Crippen LogP contribution is -2.34. The fraction of sp³-hybridized carbons (Fsp3) is 0.316. The Morgan fingerprint density at radius 2 is 1.48 bits per heavy atom. The number of carboxylic acid groups (broad SMARTS) is 1. The Morgan fingerprint density at radius 1 is 0.920 bits per heavy atom. The minimum Gasteiger partial charge on any atom is -0.481 e. The van der Waals surface area contributed by atoms with E-state index in [1.54, 1.807) is 0 Å². The first-order valence-corrected chi connectivity index (χ1v) is 9.86. The fourth-order valence-electron chi connectivity index (χ4n) is 2.54. The van der Waals surface area contributed by atoms with Gasteiger partial charge in [-0.15, -0.1) is 0 Å². The van der Waals surface area contributed by atoms with Crippen molar-refractivity contribution in [1.29, 1.82) is 0 Å². The molecule has 0 fully saturated rings. The number of hydrogen-bond acceptors (Lipinski definition) is 3. The maximum atomic E-state index is 12.7. The van der Waals surface area contributed by atoms with Gasteiger partial charge in [-0.05, 0) is 24.0 Å². The molecule has 0 amide bonds.